The van der Waals surface area contributed by atoms with E-state index < -0.39 is 5.97 Å². The molecule has 0 aromatic heterocycles. The Balaban J connectivity index is 2.90. The first-order valence-electron chi connectivity index (χ1n) is 6.53. The second kappa shape index (κ2) is 7.14. The van der Waals surface area contributed by atoms with E-state index in [0.717, 1.165) is 17.7 Å². The number of benzene rings is 1. The summed E-state index contributed by atoms with van der Waals surface area (Å²) in [5.74, 6) is 0.111. The largest absolute Gasteiger partial charge is 0.496 e. The van der Waals surface area contributed by atoms with Gasteiger partial charge in [-0.05, 0) is 50.9 Å². The number of carbonyl (C=O) groups is 1. The first-order valence-corrected chi connectivity index (χ1v) is 6.53. The zero-order chi connectivity index (χ0) is 14.4. The van der Waals surface area contributed by atoms with Crippen LogP contribution in [0.3, 0.4) is 0 Å². The minimum Gasteiger partial charge on any atom is -0.496 e. The Morgan fingerprint density at radius 2 is 2.00 bits per heavy atom. The van der Waals surface area contributed by atoms with Gasteiger partial charge in [0.1, 0.15) is 5.75 Å². The van der Waals surface area contributed by atoms with Gasteiger partial charge in [-0.25, -0.2) is 0 Å². The van der Waals surface area contributed by atoms with E-state index in [1.807, 2.05) is 13.1 Å². The first-order chi connectivity index (χ1) is 8.99. The molecular formula is C15H23NO3. The number of aliphatic carboxylic acids is 1. The van der Waals surface area contributed by atoms with E-state index >= 15 is 0 Å². The molecule has 1 aromatic rings. The highest BCUT2D eigenvalue weighted by Gasteiger charge is 2.16. The zero-order valence-electron chi connectivity index (χ0n) is 12.1. The second-order valence-corrected chi connectivity index (χ2v) is 4.81. The van der Waals surface area contributed by atoms with Crippen LogP contribution in [0.4, 0.5) is 0 Å². The summed E-state index contributed by atoms with van der Waals surface area (Å²) in [7, 11) is 3.55. The van der Waals surface area contributed by atoms with Crippen LogP contribution in [0.1, 0.15) is 42.0 Å². The summed E-state index contributed by atoms with van der Waals surface area (Å²) < 4.78 is 5.44. The molecule has 4 heteroatoms. The molecule has 0 radical (unpaired) electrons. The van der Waals surface area contributed by atoms with Crippen molar-refractivity contribution >= 4 is 5.97 Å². The molecule has 0 heterocycles. The van der Waals surface area contributed by atoms with Gasteiger partial charge in [0.25, 0.3) is 0 Å². The van der Waals surface area contributed by atoms with Crippen molar-refractivity contribution in [2.45, 2.75) is 39.2 Å². The van der Waals surface area contributed by atoms with Gasteiger partial charge in [0.15, 0.2) is 0 Å². The van der Waals surface area contributed by atoms with Crippen molar-refractivity contribution in [2.75, 3.05) is 14.2 Å². The van der Waals surface area contributed by atoms with Gasteiger partial charge < -0.3 is 15.2 Å². The number of nitrogens with one attached hydrogen (secondary N) is 1. The average Bonchev–Trinajstić information content (AvgIpc) is 2.37. The number of methoxy groups -OCH3 is 1. The molecule has 1 atom stereocenters. The molecule has 0 saturated heterocycles. The Bertz CT molecular complexity index is 443. The lowest BCUT2D eigenvalue weighted by atomic mass is 9.96. The van der Waals surface area contributed by atoms with Crippen molar-refractivity contribution in [1.82, 2.24) is 5.32 Å². The summed E-state index contributed by atoms with van der Waals surface area (Å²) in [6.45, 7) is 4.13. The van der Waals surface area contributed by atoms with Crippen molar-refractivity contribution in [3.8, 4) is 5.75 Å². The fourth-order valence-corrected chi connectivity index (χ4v) is 2.17. The van der Waals surface area contributed by atoms with E-state index in [4.69, 9.17) is 9.84 Å². The molecule has 0 amide bonds. The van der Waals surface area contributed by atoms with Gasteiger partial charge in [-0.15, -0.1) is 0 Å². The summed E-state index contributed by atoms with van der Waals surface area (Å²) in [6.07, 6.45) is 1.63. The zero-order valence-corrected chi connectivity index (χ0v) is 12.1. The summed E-state index contributed by atoms with van der Waals surface area (Å²) >= 11 is 0. The van der Waals surface area contributed by atoms with Crippen LogP contribution in [0.5, 0.6) is 5.75 Å². The standard InChI is InChI=1S/C15H23NO3/c1-10-8-12(14(19-4)9-11(10)2)13(16-3)6-5-7-15(17)18/h8-9,13,16H,5-7H2,1-4H3,(H,17,18). The van der Waals surface area contributed by atoms with Gasteiger partial charge in [-0.3, -0.25) is 4.79 Å². The molecule has 1 rings (SSSR count). The number of ether oxygens (including phenoxy) is 1. The Labute approximate surface area is 114 Å². The summed E-state index contributed by atoms with van der Waals surface area (Å²) in [6, 6.07) is 4.27. The van der Waals surface area contributed by atoms with Crippen molar-refractivity contribution in [3.05, 3.63) is 28.8 Å². The number of hydrogen-bond acceptors (Lipinski definition) is 3. The molecule has 2 N–H and O–H groups in total. The van der Waals surface area contributed by atoms with Crippen LogP contribution >= 0.6 is 0 Å². The summed E-state index contributed by atoms with van der Waals surface area (Å²) in [5, 5.41) is 11.9. The number of carboxylic acids is 1. The van der Waals surface area contributed by atoms with Crippen LogP contribution in [-0.4, -0.2) is 25.2 Å². The topological polar surface area (TPSA) is 58.6 Å². The van der Waals surface area contributed by atoms with Crippen molar-refractivity contribution in [2.24, 2.45) is 0 Å². The lowest BCUT2D eigenvalue weighted by Gasteiger charge is -2.20. The van der Waals surface area contributed by atoms with Gasteiger partial charge in [0.05, 0.1) is 7.11 Å². The van der Waals surface area contributed by atoms with Crippen LogP contribution in [0, 0.1) is 13.8 Å². The lowest BCUT2D eigenvalue weighted by molar-refractivity contribution is -0.137. The van der Waals surface area contributed by atoms with Crippen LogP contribution in [-0.2, 0) is 4.79 Å². The molecule has 0 fully saturated rings. The van der Waals surface area contributed by atoms with Gasteiger partial charge in [0, 0.05) is 18.0 Å². The molecule has 19 heavy (non-hydrogen) atoms. The van der Waals surface area contributed by atoms with Crippen molar-refractivity contribution in [3.63, 3.8) is 0 Å². The number of hydrogen-bond donors (Lipinski definition) is 2. The highest BCUT2D eigenvalue weighted by atomic mass is 16.5. The Kier molecular flexibility index (Phi) is 5.83. The van der Waals surface area contributed by atoms with Crippen LogP contribution < -0.4 is 10.1 Å². The molecule has 0 spiro atoms. The van der Waals surface area contributed by atoms with Crippen molar-refractivity contribution in [1.29, 1.82) is 0 Å². The minimum absolute atomic E-state index is 0.119. The number of aryl methyl sites for hydroxylation is 2. The summed E-state index contributed by atoms with van der Waals surface area (Å²) in [5.41, 5.74) is 3.51. The quantitative estimate of drug-likeness (QED) is 0.796. The predicted molar refractivity (Wildman–Crippen MR) is 75.8 cm³/mol. The number of carboxylic acid groups (broad SMARTS) is 1. The Hall–Kier alpha value is -1.55. The second-order valence-electron chi connectivity index (χ2n) is 4.81. The fourth-order valence-electron chi connectivity index (χ4n) is 2.17. The molecule has 0 bridgehead atoms. The van der Waals surface area contributed by atoms with Gasteiger partial charge in [-0.1, -0.05) is 6.07 Å². The smallest absolute Gasteiger partial charge is 0.303 e. The van der Waals surface area contributed by atoms with Gasteiger partial charge >= 0.3 is 5.97 Å². The average molecular weight is 265 g/mol. The monoisotopic (exact) mass is 265 g/mol. The molecule has 106 valence electrons. The van der Waals surface area contributed by atoms with E-state index in [2.05, 4.69) is 25.2 Å². The van der Waals surface area contributed by atoms with Crippen LogP contribution in [0.2, 0.25) is 0 Å². The highest BCUT2D eigenvalue weighted by molar-refractivity contribution is 5.66. The van der Waals surface area contributed by atoms with E-state index in [0.29, 0.717) is 6.42 Å². The van der Waals surface area contributed by atoms with E-state index in [-0.39, 0.29) is 12.5 Å². The predicted octanol–water partition coefficient (Wildman–Crippen LogP) is 2.83. The fraction of sp³-hybridized carbons (Fsp3) is 0.533. The lowest BCUT2D eigenvalue weighted by Crippen LogP contribution is -2.18. The molecule has 0 aliphatic rings. The Morgan fingerprint density at radius 1 is 1.37 bits per heavy atom. The highest BCUT2D eigenvalue weighted by Crippen LogP contribution is 2.31. The maximum Gasteiger partial charge on any atom is 0.303 e. The van der Waals surface area contributed by atoms with E-state index in [1.165, 1.54) is 11.1 Å². The maximum absolute atomic E-state index is 10.6. The molecule has 0 aliphatic heterocycles. The van der Waals surface area contributed by atoms with Crippen molar-refractivity contribution < 1.29 is 14.6 Å². The SMILES string of the molecule is CNC(CCCC(=O)O)c1cc(C)c(C)cc1OC. The third-order valence-corrected chi connectivity index (χ3v) is 3.45. The van der Waals surface area contributed by atoms with Gasteiger partial charge in [-0.2, -0.15) is 0 Å². The van der Waals surface area contributed by atoms with E-state index in [9.17, 15) is 4.79 Å². The molecular weight excluding hydrogens is 242 g/mol. The van der Waals surface area contributed by atoms with Crippen LogP contribution in [0.15, 0.2) is 12.1 Å². The first kappa shape index (κ1) is 15.5. The minimum atomic E-state index is -0.748. The number of rotatable bonds is 7. The van der Waals surface area contributed by atoms with Crippen LogP contribution in [0.25, 0.3) is 0 Å². The third-order valence-electron chi connectivity index (χ3n) is 3.45. The molecule has 0 saturated carbocycles. The summed E-state index contributed by atoms with van der Waals surface area (Å²) in [4.78, 5) is 10.6. The van der Waals surface area contributed by atoms with E-state index in [1.54, 1.807) is 7.11 Å². The normalized spacial score (nSPS) is 12.2. The Morgan fingerprint density at radius 3 is 2.53 bits per heavy atom. The third kappa shape index (κ3) is 4.24. The van der Waals surface area contributed by atoms with Gasteiger partial charge in [0.2, 0.25) is 0 Å². The maximum atomic E-state index is 10.6. The molecule has 1 aromatic carbocycles. The molecule has 1 unspecified atom stereocenters. The molecule has 0 aliphatic carbocycles. The molecule has 4 nitrogen and oxygen atoms in total.